The molecular weight excluding hydrogens is 392 g/mol. The lowest BCUT2D eigenvalue weighted by atomic mass is 9.91. The van der Waals surface area contributed by atoms with Crippen molar-refractivity contribution in [1.29, 1.82) is 0 Å². The van der Waals surface area contributed by atoms with E-state index in [1.807, 2.05) is 6.07 Å². The molecule has 1 aromatic carbocycles. The van der Waals surface area contributed by atoms with Crippen LogP contribution in [0.2, 0.25) is 0 Å². The van der Waals surface area contributed by atoms with Gasteiger partial charge in [-0.1, -0.05) is 18.2 Å². The number of para-hydroxylation sites is 1. The molecule has 1 aromatic heterocycles. The van der Waals surface area contributed by atoms with E-state index in [0.29, 0.717) is 32.2 Å². The summed E-state index contributed by atoms with van der Waals surface area (Å²) in [5.41, 5.74) is 2.29. The van der Waals surface area contributed by atoms with E-state index >= 15 is 0 Å². The summed E-state index contributed by atoms with van der Waals surface area (Å²) in [6.07, 6.45) is 6.65. The highest BCUT2D eigenvalue weighted by atomic mass is 16.5. The maximum Gasteiger partial charge on any atom is 0.227 e. The number of ether oxygens (including phenoxy) is 1. The van der Waals surface area contributed by atoms with Gasteiger partial charge in [0.15, 0.2) is 0 Å². The van der Waals surface area contributed by atoms with Crippen LogP contribution in [0.15, 0.2) is 30.5 Å². The smallest absolute Gasteiger partial charge is 0.227 e. The number of carbonyl (C=O) groups excluding carboxylic acids is 2. The Morgan fingerprint density at radius 3 is 2.81 bits per heavy atom. The van der Waals surface area contributed by atoms with Crippen molar-refractivity contribution in [3.05, 3.63) is 36.0 Å². The number of amides is 2. The number of carbonyl (C=O) groups is 2. The summed E-state index contributed by atoms with van der Waals surface area (Å²) in [4.78, 5) is 30.9. The van der Waals surface area contributed by atoms with Gasteiger partial charge in [0, 0.05) is 62.9 Å². The van der Waals surface area contributed by atoms with E-state index in [2.05, 4.69) is 44.9 Å². The van der Waals surface area contributed by atoms with Crippen LogP contribution < -0.4 is 10.6 Å². The topological polar surface area (TPSA) is 86.5 Å². The van der Waals surface area contributed by atoms with Crippen molar-refractivity contribution in [3.63, 3.8) is 0 Å². The zero-order chi connectivity index (χ0) is 21.8. The third-order valence-electron chi connectivity index (χ3n) is 6.44. The zero-order valence-corrected chi connectivity index (χ0v) is 18.5. The van der Waals surface area contributed by atoms with Gasteiger partial charge in [0.05, 0.1) is 12.0 Å². The molecule has 4 rings (SSSR count). The quantitative estimate of drug-likeness (QED) is 0.538. The minimum Gasteiger partial charge on any atom is -0.385 e. The van der Waals surface area contributed by atoms with Gasteiger partial charge < -0.3 is 25.3 Å². The average molecular weight is 427 g/mol. The monoisotopic (exact) mass is 426 g/mol. The van der Waals surface area contributed by atoms with Gasteiger partial charge in [0.25, 0.3) is 0 Å². The van der Waals surface area contributed by atoms with Gasteiger partial charge in [0.2, 0.25) is 11.8 Å². The van der Waals surface area contributed by atoms with Gasteiger partial charge >= 0.3 is 0 Å². The molecule has 168 valence electrons. The summed E-state index contributed by atoms with van der Waals surface area (Å²) < 4.78 is 5.32. The molecular formula is C24H34N4O3. The van der Waals surface area contributed by atoms with Gasteiger partial charge in [-0.2, -0.15) is 0 Å². The largest absolute Gasteiger partial charge is 0.385 e. The van der Waals surface area contributed by atoms with Crippen molar-refractivity contribution in [3.8, 4) is 0 Å². The molecule has 2 aromatic rings. The molecule has 3 atom stereocenters. The molecule has 1 saturated carbocycles. The van der Waals surface area contributed by atoms with E-state index in [-0.39, 0.29) is 29.8 Å². The van der Waals surface area contributed by atoms with Crippen LogP contribution in [0.25, 0.3) is 10.9 Å². The molecule has 1 saturated heterocycles. The Morgan fingerprint density at radius 1 is 1.26 bits per heavy atom. The molecule has 31 heavy (non-hydrogen) atoms. The predicted octanol–water partition coefficient (Wildman–Crippen LogP) is 2.74. The van der Waals surface area contributed by atoms with Crippen molar-refractivity contribution in [2.45, 2.75) is 57.2 Å². The van der Waals surface area contributed by atoms with Crippen LogP contribution in [0, 0.1) is 5.92 Å². The molecule has 0 spiro atoms. The van der Waals surface area contributed by atoms with E-state index in [4.69, 9.17) is 4.74 Å². The molecule has 3 N–H and O–H groups in total. The second-order valence-corrected chi connectivity index (χ2v) is 8.91. The molecule has 1 aliphatic carbocycles. The first-order valence-corrected chi connectivity index (χ1v) is 11.4. The number of benzene rings is 1. The number of nitrogens with zero attached hydrogens (tertiary/aromatic N) is 1. The van der Waals surface area contributed by atoms with E-state index in [1.165, 1.54) is 17.9 Å². The van der Waals surface area contributed by atoms with Crippen LogP contribution in [0.4, 0.5) is 0 Å². The fourth-order valence-electron chi connectivity index (χ4n) is 4.91. The second-order valence-electron chi connectivity index (χ2n) is 8.91. The number of hydrogen-bond acceptors (Lipinski definition) is 4. The molecule has 1 unspecified atom stereocenters. The van der Waals surface area contributed by atoms with Crippen LogP contribution in [0.3, 0.4) is 0 Å². The van der Waals surface area contributed by atoms with Crippen molar-refractivity contribution in [2.75, 3.05) is 26.8 Å². The third kappa shape index (κ3) is 5.10. The summed E-state index contributed by atoms with van der Waals surface area (Å²) in [6.45, 7) is 3.59. The van der Waals surface area contributed by atoms with E-state index in [9.17, 15) is 9.59 Å². The SMILES string of the molecule is COCCCC(c1c[nH]c2ccccc12)N(C(=O)[C@@H]1CNC[C@H](NC(C)=O)C1)C1CC1. The van der Waals surface area contributed by atoms with Gasteiger partial charge in [-0.3, -0.25) is 9.59 Å². The number of aromatic nitrogens is 1. The summed E-state index contributed by atoms with van der Waals surface area (Å²) in [5.74, 6) is 0.0364. The van der Waals surface area contributed by atoms with Crippen molar-refractivity contribution in [1.82, 2.24) is 20.5 Å². The Morgan fingerprint density at radius 2 is 2.06 bits per heavy atom. The minimum atomic E-state index is -0.124. The molecule has 2 heterocycles. The lowest BCUT2D eigenvalue weighted by Gasteiger charge is -2.38. The molecule has 7 nitrogen and oxygen atoms in total. The number of piperidine rings is 1. The van der Waals surface area contributed by atoms with Crippen LogP contribution in [0.1, 0.15) is 50.6 Å². The average Bonchev–Trinajstić information content (AvgIpc) is 3.51. The van der Waals surface area contributed by atoms with Crippen molar-refractivity contribution >= 4 is 22.7 Å². The second kappa shape index (κ2) is 9.83. The molecule has 0 bridgehead atoms. The Hall–Kier alpha value is -2.38. The summed E-state index contributed by atoms with van der Waals surface area (Å²) in [5, 5.41) is 7.51. The number of nitrogens with one attached hydrogen (secondary N) is 3. The van der Waals surface area contributed by atoms with Crippen molar-refractivity contribution in [2.24, 2.45) is 5.92 Å². The number of methoxy groups -OCH3 is 1. The summed E-state index contributed by atoms with van der Waals surface area (Å²) >= 11 is 0. The number of rotatable bonds is 9. The normalized spacial score (nSPS) is 22.3. The highest BCUT2D eigenvalue weighted by molar-refractivity contribution is 5.86. The van der Waals surface area contributed by atoms with Crippen LogP contribution in [-0.2, 0) is 14.3 Å². The number of hydrogen-bond donors (Lipinski definition) is 3. The number of fused-ring (bicyclic) bond motifs is 1. The lowest BCUT2D eigenvalue weighted by molar-refractivity contribution is -0.140. The number of aromatic amines is 1. The maximum atomic E-state index is 13.8. The maximum absolute atomic E-state index is 13.8. The standard InChI is InChI=1S/C24H34N4O3/c1-16(29)27-18-12-17(13-25-14-18)24(30)28(19-9-10-19)23(8-5-11-31-2)21-15-26-22-7-4-3-6-20(21)22/h3-4,6-7,15,17-19,23,25-26H,5,8-14H2,1-2H3,(H,27,29)/t17-,18+,23?/m0/s1. The van der Waals surface area contributed by atoms with Gasteiger partial charge in [-0.15, -0.1) is 0 Å². The molecule has 2 amide bonds. The minimum absolute atomic E-state index is 0.00119. The Labute approximate surface area is 183 Å². The predicted molar refractivity (Wildman–Crippen MR) is 121 cm³/mol. The Kier molecular flexibility index (Phi) is 6.92. The molecule has 7 heteroatoms. The Bertz CT molecular complexity index is 907. The fraction of sp³-hybridized carbons (Fsp3) is 0.583. The van der Waals surface area contributed by atoms with E-state index in [1.54, 1.807) is 7.11 Å². The molecule has 2 aliphatic rings. The fourth-order valence-corrected chi connectivity index (χ4v) is 4.91. The van der Waals surface area contributed by atoms with Crippen molar-refractivity contribution < 1.29 is 14.3 Å². The zero-order valence-electron chi connectivity index (χ0n) is 18.5. The first-order chi connectivity index (χ1) is 15.1. The summed E-state index contributed by atoms with van der Waals surface area (Å²) in [7, 11) is 1.72. The Balaban J connectivity index is 1.61. The highest BCUT2D eigenvalue weighted by Gasteiger charge is 2.42. The number of H-pyrrole nitrogens is 1. The van der Waals surface area contributed by atoms with E-state index < -0.39 is 0 Å². The van der Waals surface area contributed by atoms with Crippen LogP contribution in [0.5, 0.6) is 0 Å². The molecule has 2 fully saturated rings. The molecule has 1 aliphatic heterocycles. The van der Waals surface area contributed by atoms with E-state index in [0.717, 1.165) is 31.2 Å². The van der Waals surface area contributed by atoms with Crippen LogP contribution >= 0.6 is 0 Å². The van der Waals surface area contributed by atoms with Crippen LogP contribution in [-0.4, -0.2) is 60.6 Å². The van der Waals surface area contributed by atoms with Gasteiger partial charge in [-0.25, -0.2) is 0 Å². The first-order valence-electron chi connectivity index (χ1n) is 11.4. The highest BCUT2D eigenvalue weighted by Crippen LogP contribution is 2.40. The lowest BCUT2D eigenvalue weighted by Crippen LogP contribution is -2.53. The third-order valence-corrected chi connectivity index (χ3v) is 6.44. The van der Waals surface area contributed by atoms with Gasteiger partial charge in [0.1, 0.15) is 0 Å². The first kappa shape index (κ1) is 21.8. The summed E-state index contributed by atoms with van der Waals surface area (Å²) in [6, 6.07) is 8.62. The molecule has 0 radical (unpaired) electrons. The van der Waals surface area contributed by atoms with Gasteiger partial charge in [-0.05, 0) is 43.7 Å².